The Balaban J connectivity index is 2.09. The van der Waals surface area contributed by atoms with Crippen molar-refractivity contribution in [2.24, 2.45) is 4.99 Å². The molecule has 1 aliphatic rings. The Morgan fingerprint density at radius 1 is 1.26 bits per heavy atom. The van der Waals surface area contributed by atoms with E-state index in [9.17, 15) is 18.0 Å². The zero-order chi connectivity index (χ0) is 22.9. The largest absolute Gasteiger partial charge is 0.496 e. The minimum absolute atomic E-state index is 0.0334. The summed E-state index contributed by atoms with van der Waals surface area (Å²) in [6.45, 7) is 3.23. The number of carbonyl (C=O) groups is 1. The van der Waals surface area contributed by atoms with E-state index in [-0.39, 0.29) is 12.6 Å². The lowest BCUT2D eigenvalue weighted by molar-refractivity contribution is -0.157. The number of para-hydroxylation sites is 1. The molecule has 31 heavy (non-hydrogen) atoms. The SMILES string of the molecule is CCNC(=NCC(=O)N(C)CC(F)(F)F)NCC(c1ccccc1OC)N1CCCC1. The molecule has 2 N–H and O–H groups in total. The number of halogens is 3. The van der Waals surface area contributed by atoms with Gasteiger partial charge >= 0.3 is 6.18 Å². The van der Waals surface area contributed by atoms with Crippen molar-refractivity contribution in [1.29, 1.82) is 0 Å². The first-order chi connectivity index (χ1) is 14.7. The number of hydrogen-bond donors (Lipinski definition) is 2. The fraction of sp³-hybridized carbons (Fsp3) is 0.619. The maximum Gasteiger partial charge on any atom is 0.406 e. The Kier molecular flexibility index (Phi) is 9.42. The van der Waals surface area contributed by atoms with Gasteiger partial charge in [0, 0.05) is 25.7 Å². The van der Waals surface area contributed by atoms with Crippen LogP contribution in [-0.2, 0) is 4.79 Å². The molecule has 1 unspecified atom stereocenters. The predicted octanol–water partition coefficient (Wildman–Crippen LogP) is 2.41. The van der Waals surface area contributed by atoms with Crippen molar-refractivity contribution in [3.8, 4) is 5.75 Å². The number of ether oxygens (including phenoxy) is 1. The highest BCUT2D eigenvalue weighted by Crippen LogP contribution is 2.31. The molecule has 1 aliphatic heterocycles. The molecule has 1 saturated heterocycles. The smallest absolute Gasteiger partial charge is 0.406 e. The summed E-state index contributed by atoms with van der Waals surface area (Å²) in [5.41, 5.74) is 1.05. The number of likely N-dealkylation sites (tertiary alicyclic amines) is 1. The first-order valence-electron chi connectivity index (χ1n) is 10.4. The molecule has 0 radical (unpaired) electrons. The highest BCUT2D eigenvalue weighted by atomic mass is 19.4. The number of amides is 1. The number of nitrogens with one attached hydrogen (secondary N) is 2. The summed E-state index contributed by atoms with van der Waals surface area (Å²) in [6.07, 6.45) is -2.19. The number of alkyl halides is 3. The molecule has 0 spiro atoms. The van der Waals surface area contributed by atoms with Crippen LogP contribution in [0.5, 0.6) is 5.75 Å². The number of benzene rings is 1. The molecular formula is C21H32F3N5O2. The van der Waals surface area contributed by atoms with Crippen LogP contribution in [0.2, 0.25) is 0 Å². The zero-order valence-corrected chi connectivity index (χ0v) is 18.3. The summed E-state index contributed by atoms with van der Waals surface area (Å²) in [5, 5.41) is 6.29. The molecule has 1 aromatic carbocycles. The monoisotopic (exact) mass is 443 g/mol. The maximum absolute atomic E-state index is 12.5. The number of carbonyl (C=O) groups excluding carboxylic acids is 1. The van der Waals surface area contributed by atoms with E-state index in [2.05, 4.69) is 20.5 Å². The number of rotatable bonds is 9. The topological polar surface area (TPSA) is 69.2 Å². The Hall–Kier alpha value is -2.49. The standard InChI is InChI=1S/C21H32F3N5O2/c1-4-25-20(27-14-19(30)28(2)15-21(22,23)24)26-13-17(29-11-7-8-12-29)16-9-5-6-10-18(16)31-3/h5-6,9-10,17H,4,7-8,11-15H2,1-3H3,(H2,25,26,27). The third kappa shape index (κ3) is 7.93. The van der Waals surface area contributed by atoms with Crippen LogP contribution < -0.4 is 15.4 Å². The molecule has 0 aromatic heterocycles. The van der Waals surface area contributed by atoms with Gasteiger partial charge in [0.1, 0.15) is 18.8 Å². The van der Waals surface area contributed by atoms with Gasteiger partial charge in [-0.25, -0.2) is 4.99 Å². The van der Waals surface area contributed by atoms with E-state index in [4.69, 9.17) is 4.74 Å². The summed E-state index contributed by atoms with van der Waals surface area (Å²) < 4.78 is 43.0. The molecule has 10 heteroatoms. The van der Waals surface area contributed by atoms with Crippen LogP contribution in [0.3, 0.4) is 0 Å². The van der Waals surface area contributed by atoms with Crippen molar-refractivity contribution in [2.45, 2.75) is 32.0 Å². The second-order valence-electron chi connectivity index (χ2n) is 7.44. The fourth-order valence-corrected chi connectivity index (χ4v) is 3.59. The third-order valence-electron chi connectivity index (χ3n) is 5.10. The van der Waals surface area contributed by atoms with E-state index in [1.165, 1.54) is 0 Å². The van der Waals surface area contributed by atoms with E-state index < -0.39 is 18.6 Å². The van der Waals surface area contributed by atoms with Gasteiger partial charge in [0.15, 0.2) is 5.96 Å². The molecule has 1 amide bonds. The molecule has 0 aliphatic carbocycles. The Bertz CT molecular complexity index is 736. The van der Waals surface area contributed by atoms with Crippen LogP contribution in [0.1, 0.15) is 31.4 Å². The van der Waals surface area contributed by atoms with Crippen molar-refractivity contribution in [3.05, 3.63) is 29.8 Å². The lowest BCUT2D eigenvalue weighted by atomic mass is 10.0. The van der Waals surface area contributed by atoms with Gasteiger partial charge in [-0.15, -0.1) is 0 Å². The molecule has 0 saturated carbocycles. The van der Waals surface area contributed by atoms with Crippen LogP contribution in [-0.4, -0.2) is 81.3 Å². The Morgan fingerprint density at radius 3 is 2.55 bits per heavy atom. The summed E-state index contributed by atoms with van der Waals surface area (Å²) >= 11 is 0. The van der Waals surface area contributed by atoms with E-state index in [0.717, 1.165) is 44.3 Å². The maximum atomic E-state index is 12.5. The molecule has 174 valence electrons. The van der Waals surface area contributed by atoms with Crippen LogP contribution in [0.15, 0.2) is 29.3 Å². The van der Waals surface area contributed by atoms with E-state index >= 15 is 0 Å². The second-order valence-corrected chi connectivity index (χ2v) is 7.44. The summed E-state index contributed by atoms with van der Waals surface area (Å²) in [5.74, 6) is 0.484. The number of guanidine groups is 1. The van der Waals surface area contributed by atoms with Crippen LogP contribution >= 0.6 is 0 Å². The molecule has 0 bridgehead atoms. The van der Waals surface area contributed by atoms with Crippen LogP contribution in [0.4, 0.5) is 13.2 Å². The van der Waals surface area contributed by atoms with Gasteiger partial charge in [-0.05, 0) is 38.9 Å². The van der Waals surface area contributed by atoms with Crippen molar-refractivity contribution < 1.29 is 22.7 Å². The molecule has 1 heterocycles. The lowest BCUT2D eigenvalue weighted by Crippen LogP contribution is -2.43. The lowest BCUT2D eigenvalue weighted by Gasteiger charge is -2.30. The molecule has 1 aromatic rings. The van der Waals surface area contributed by atoms with E-state index in [0.29, 0.717) is 23.9 Å². The average Bonchev–Trinajstić information content (AvgIpc) is 3.25. The van der Waals surface area contributed by atoms with Crippen LogP contribution in [0, 0.1) is 0 Å². The zero-order valence-electron chi connectivity index (χ0n) is 18.3. The number of hydrogen-bond acceptors (Lipinski definition) is 4. The van der Waals surface area contributed by atoms with E-state index in [1.54, 1.807) is 7.11 Å². The molecule has 7 nitrogen and oxygen atoms in total. The van der Waals surface area contributed by atoms with Crippen LogP contribution in [0.25, 0.3) is 0 Å². The van der Waals surface area contributed by atoms with Crippen molar-refractivity contribution >= 4 is 11.9 Å². The van der Waals surface area contributed by atoms with Crippen molar-refractivity contribution in [1.82, 2.24) is 20.4 Å². The first kappa shape index (κ1) is 24.8. The second kappa shape index (κ2) is 11.8. The van der Waals surface area contributed by atoms with Gasteiger partial charge < -0.3 is 20.3 Å². The van der Waals surface area contributed by atoms with Gasteiger partial charge in [0.05, 0.1) is 13.2 Å². The number of nitrogens with zero attached hydrogens (tertiary/aromatic N) is 3. The van der Waals surface area contributed by atoms with Gasteiger partial charge in [-0.2, -0.15) is 13.2 Å². The van der Waals surface area contributed by atoms with E-state index in [1.807, 2.05) is 31.2 Å². The van der Waals surface area contributed by atoms with Gasteiger partial charge in [-0.1, -0.05) is 18.2 Å². The minimum Gasteiger partial charge on any atom is -0.496 e. The highest BCUT2D eigenvalue weighted by molar-refractivity contribution is 5.84. The fourth-order valence-electron chi connectivity index (χ4n) is 3.59. The Morgan fingerprint density at radius 2 is 1.94 bits per heavy atom. The predicted molar refractivity (Wildman–Crippen MR) is 114 cm³/mol. The third-order valence-corrected chi connectivity index (χ3v) is 5.10. The van der Waals surface area contributed by atoms with Gasteiger partial charge in [-0.3, -0.25) is 9.69 Å². The summed E-state index contributed by atoms with van der Waals surface area (Å²) in [4.78, 5) is 19.2. The summed E-state index contributed by atoms with van der Waals surface area (Å²) in [6, 6.07) is 7.88. The van der Waals surface area contributed by atoms with Gasteiger partial charge in [0.25, 0.3) is 0 Å². The van der Waals surface area contributed by atoms with Gasteiger partial charge in [0.2, 0.25) is 5.91 Å². The molecule has 1 fully saturated rings. The number of methoxy groups -OCH3 is 1. The molecular weight excluding hydrogens is 411 g/mol. The van der Waals surface area contributed by atoms with Crippen molar-refractivity contribution in [3.63, 3.8) is 0 Å². The molecule has 2 rings (SSSR count). The quantitative estimate of drug-likeness (QED) is 0.453. The minimum atomic E-state index is -4.44. The Labute approximate surface area is 181 Å². The average molecular weight is 444 g/mol. The summed E-state index contributed by atoms with van der Waals surface area (Å²) in [7, 11) is 2.76. The number of likely N-dealkylation sites (N-methyl/N-ethyl adjacent to an activating group) is 1. The number of aliphatic imine (C=N–C) groups is 1. The normalized spacial score (nSPS) is 16.1. The van der Waals surface area contributed by atoms with Crippen molar-refractivity contribution in [2.75, 3.05) is 53.4 Å². The first-order valence-corrected chi connectivity index (χ1v) is 10.4. The molecule has 1 atom stereocenters. The highest BCUT2D eigenvalue weighted by Gasteiger charge is 2.31.